The average molecular weight is 535 g/mol. The maximum absolute atomic E-state index is 10.5. The Kier molecular flexibility index (Phi) is 9.80. The van der Waals surface area contributed by atoms with Crippen LogP contribution in [0.3, 0.4) is 0 Å². The highest BCUT2D eigenvalue weighted by atomic mass is 127. The van der Waals surface area contributed by atoms with Gasteiger partial charge in [-0.15, -0.1) is 24.0 Å². The van der Waals surface area contributed by atoms with Crippen LogP contribution in [-0.4, -0.2) is 53.0 Å². The lowest BCUT2D eigenvalue weighted by molar-refractivity contribution is 0.186. The molecule has 31 heavy (non-hydrogen) atoms. The summed E-state index contributed by atoms with van der Waals surface area (Å²) in [6.07, 6.45) is 3.19. The molecular weight excluding hydrogens is 505 g/mol. The van der Waals surface area contributed by atoms with Gasteiger partial charge >= 0.3 is 0 Å². The number of methoxy groups -OCH3 is 1. The second-order valence-electron chi connectivity index (χ2n) is 6.97. The number of hydrogen-bond donors (Lipinski definition) is 2. The molecule has 1 atom stereocenters. The quantitative estimate of drug-likeness (QED) is 0.262. The molecule has 3 aromatic rings. The molecule has 1 unspecified atom stereocenters. The van der Waals surface area contributed by atoms with Crippen molar-refractivity contribution < 1.29 is 9.84 Å². The zero-order chi connectivity index (χ0) is 21.3. The van der Waals surface area contributed by atoms with Crippen LogP contribution in [0.4, 0.5) is 0 Å². The second-order valence-corrected chi connectivity index (χ2v) is 6.97. The van der Waals surface area contributed by atoms with Gasteiger partial charge in [-0.2, -0.15) is 5.10 Å². The predicted octanol–water partition coefficient (Wildman–Crippen LogP) is 3.63. The van der Waals surface area contributed by atoms with E-state index in [-0.39, 0.29) is 30.5 Å². The fraction of sp³-hybridized carbons (Fsp3) is 0.304. The summed E-state index contributed by atoms with van der Waals surface area (Å²) in [7, 11) is 3.60. The summed E-state index contributed by atoms with van der Waals surface area (Å²) in [5, 5.41) is 18.2. The van der Waals surface area contributed by atoms with E-state index in [2.05, 4.69) is 15.4 Å². The number of para-hydroxylation sites is 1. The van der Waals surface area contributed by atoms with Crippen molar-refractivity contribution in [3.63, 3.8) is 0 Å². The predicted molar refractivity (Wildman–Crippen MR) is 134 cm³/mol. The molecule has 0 bridgehead atoms. The molecule has 0 saturated heterocycles. The highest BCUT2D eigenvalue weighted by molar-refractivity contribution is 14.0. The Bertz CT molecular complexity index is 944. The van der Waals surface area contributed by atoms with E-state index in [9.17, 15) is 5.11 Å². The highest BCUT2D eigenvalue weighted by Gasteiger charge is 2.11. The normalized spacial score (nSPS) is 12.1. The molecule has 0 radical (unpaired) electrons. The number of halogens is 1. The fourth-order valence-electron chi connectivity index (χ4n) is 3.09. The van der Waals surface area contributed by atoms with E-state index in [0.29, 0.717) is 6.54 Å². The molecule has 0 saturated carbocycles. The van der Waals surface area contributed by atoms with Crippen LogP contribution in [0.5, 0.6) is 5.75 Å². The maximum Gasteiger partial charge on any atom is 0.194 e. The van der Waals surface area contributed by atoms with E-state index in [1.54, 1.807) is 7.11 Å². The van der Waals surface area contributed by atoms with Crippen molar-refractivity contribution in [1.82, 2.24) is 20.0 Å². The van der Waals surface area contributed by atoms with Crippen LogP contribution in [0.2, 0.25) is 0 Å². The molecule has 0 spiro atoms. The van der Waals surface area contributed by atoms with Crippen LogP contribution in [0.25, 0.3) is 5.69 Å². The third-order valence-corrected chi connectivity index (χ3v) is 4.69. The van der Waals surface area contributed by atoms with Crippen LogP contribution < -0.4 is 10.1 Å². The number of aliphatic imine (C=N–C) groups is 1. The molecule has 0 fully saturated rings. The highest BCUT2D eigenvalue weighted by Crippen LogP contribution is 2.18. The number of ether oxygens (including phenoxy) is 1. The number of aromatic nitrogens is 2. The van der Waals surface area contributed by atoms with Crippen molar-refractivity contribution in [2.75, 3.05) is 27.2 Å². The summed E-state index contributed by atoms with van der Waals surface area (Å²) >= 11 is 0. The van der Waals surface area contributed by atoms with Crippen LogP contribution in [0.1, 0.15) is 24.2 Å². The maximum atomic E-state index is 10.5. The van der Waals surface area contributed by atoms with Gasteiger partial charge < -0.3 is 20.1 Å². The number of rotatable bonds is 8. The average Bonchev–Trinajstić information content (AvgIpc) is 3.25. The molecule has 2 aromatic carbocycles. The number of aliphatic hydroxyl groups is 1. The minimum atomic E-state index is -0.682. The van der Waals surface area contributed by atoms with Gasteiger partial charge in [0.2, 0.25) is 0 Å². The molecular formula is C23H30IN5O2. The minimum absolute atomic E-state index is 0. The molecule has 7 nitrogen and oxygen atoms in total. The van der Waals surface area contributed by atoms with Crippen LogP contribution in [0, 0.1) is 0 Å². The van der Waals surface area contributed by atoms with Crippen molar-refractivity contribution >= 4 is 29.9 Å². The van der Waals surface area contributed by atoms with Crippen molar-refractivity contribution in [2.24, 2.45) is 4.99 Å². The SMILES string of the molecule is CCNC(=NCC(O)c1ccc(OC)cc1)N(C)Cc1cnn(-c2ccccc2)c1.I. The Morgan fingerprint density at radius 1 is 1.19 bits per heavy atom. The topological polar surface area (TPSA) is 74.9 Å². The van der Waals surface area contributed by atoms with E-state index >= 15 is 0 Å². The largest absolute Gasteiger partial charge is 0.497 e. The smallest absolute Gasteiger partial charge is 0.194 e. The summed E-state index contributed by atoms with van der Waals surface area (Å²) in [6, 6.07) is 17.4. The number of nitrogens with one attached hydrogen (secondary N) is 1. The van der Waals surface area contributed by atoms with Crippen molar-refractivity contribution in [3.05, 3.63) is 78.1 Å². The van der Waals surface area contributed by atoms with Gasteiger partial charge in [0.25, 0.3) is 0 Å². The Morgan fingerprint density at radius 3 is 2.55 bits per heavy atom. The van der Waals surface area contributed by atoms with Gasteiger partial charge in [0.05, 0.1) is 31.6 Å². The zero-order valence-electron chi connectivity index (χ0n) is 18.1. The van der Waals surface area contributed by atoms with E-state index in [0.717, 1.165) is 35.1 Å². The molecule has 166 valence electrons. The molecule has 0 amide bonds. The van der Waals surface area contributed by atoms with E-state index < -0.39 is 6.10 Å². The van der Waals surface area contributed by atoms with Gasteiger partial charge in [0.15, 0.2) is 5.96 Å². The minimum Gasteiger partial charge on any atom is -0.497 e. The molecule has 2 N–H and O–H groups in total. The Balaban J connectivity index is 0.00000341. The first-order chi connectivity index (χ1) is 14.6. The van der Waals surface area contributed by atoms with Crippen LogP contribution >= 0.6 is 24.0 Å². The Hall–Kier alpha value is -2.59. The van der Waals surface area contributed by atoms with Gasteiger partial charge in [-0.05, 0) is 36.8 Å². The lowest BCUT2D eigenvalue weighted by Gasteiger charge is -2.22. The van der Waals surface area contributed by atoms with Gasteiger partial charge in [-0.25, -0.2) is 4.68 Å². The van der Waals surface area contributed by atoms with Gasteiger partial charge in [0, 0.05) is 31.9 Å². The van der Waals surface area contributed by atoms with Crippen LogP contribution in [0.15, 0.2) is 72.0 Å². The van der Waals surface area contributed by atoms with Gasteiger partial charge in [-0.3, -0.25) is 4.99 Å². The van der Waals surface area contributed by atoms with Gasteiger partial charge in [0.1, 0.15) is 5.75 Å². The second kappa shape index (κ2) is 12.3. The molecule has 0 aliphatic heterocycles. The van der Waals surface area contributed by atoms with Crippen molar-refractivity contribution in [3.8, 4) is 11.4 Å². The zero-order valence-corrected chi connectivity index (χ0v) is 20.4. The third kappa shape index (κ3) is 6.96. The molecule has 8 heteroatoms. The first-order valence-electron chi connectivity index (χ1n) is 10.0. The molecule has 0 aliphatic rings. The summed E-state index contributed by atoms with van der Waals surface area (Å²) in [6.45, 7) is 3.68. The lowest BCUT2D eigenvalue weighted by atomic mass is 10.1. The summed E-state index contributed by atoms with van der Waals surface area (Å²) in [5.41, 5.74) is 2.90. The van der Waals surface area contributed by atoms with Gasteiger partial charge in [-0.1, -0.05) is 30.3 Å². The summed E-state index contributed by atoms with van der Waals surface area (Å²) < 4.78 is 7.03. The monoisotopic (exact) mass is 535 g/mol. The number of hydrogen-bond acceptors (Lipinski definition) is 4. The summed E-state index contributed by atoms with van der Waals surface area (Å²) in [4.78, 5) is 6.64. The molecule has 1 heterocycles. The van der Waals surface area contributed by atoms with Crippen LogP contribution in [-0.2, 0) is 6.54 Å². The molecule has 3 rings (SSSR count). The third-order valence-electron chi connectivity index (χ3n) is 4.69. The van der Waals surface area contributed by atoms with E-state index in [4.69, 9.17) is 4.74 Å². The number of guanidine groups is 1. The first-order valence-corrected chi connectivity index (χ1v) is 10.0. The fourth-order valence-corrected chi connectivity index (χ4v) is 3.09. The number of aliphatic hydroxyl groups excluding tert-OH is 1. The van der Waals surface area contributed by atoms with Crippen molar-refractivity contribution in [1.29, 1.82) is 0 Å². The Morgan fingerprint density at radius 2 is 1.90 bits per heavy atom. The molecule has 1 aromatic heterocycles. The van der Waals surface area contributed by atoms with Crippen molar-refractivity contribution in [2.45, 2.75) is 19.6 Å². The Labute approximate surface area is 200 Å². The lowest BCUT2D eigenvalue weighted by Crippen LogP contribution is -2.38. The standard InChI is InChI=1S/C23H29N5O2.HI/c1-4-24-23(25-15-22(29)19-10-12-21(30-3)13-11-19)27(2)16-18-14-26-28(17-18)20-8-6-5-7-9-20;/h5-14,17,22,29H,4,15-16H2,1-3H3,(H,24,25);1H. The van der Waals surface area contributed by atoms with E-state index in [1.165, 1.54) is 0 Å². The first kappa shape index (κ1) is 24.7. The number of nitrogens with zero attached hydrogens (tertiary/aromatic N) is 4. The molecule has 0 aliphatic carbocycles. The summed E-state index contributed by atoms with van der Waals surface area (Å²) in [5.74, 6) is 1.50. The van der Waals surface area contributed by atoms with E-state index in [1.807, 2.05) is 90.5 Å². The number of benzene rings is 2.